The van der Waals surface area contributed by atoms with Gasteiger partial charge in [-0.1, -0.05) is 0 Å². The van der Waals surface area contributed by atoms with Crippen LogP contribution in [0.5, 0.6) is 0 Å². The Kier molecular flexibility index (Phi) is 5.52. The third-order valence-corrected chi connectivity index (χ3v) is 5.73. The molecule has 0 N–H and O–H groups in total. The van der Waals surface area contributed by atoms with Crippen molar-refractivity contribution in [2.75, 3.05) is 62.3 Å². The molecule has 0 radical (unpaired) electrons. The number of aromatic nitrogens is 2. The molecule has 1 saturated carbocycles. The summed E-state index contributed by atoms with van der Waals surface area (Å²) in [5, 5.41) is 0. The van der Waals surface area contributed by atoms with Gasteiger partial charge in [0.05, 0.1) is 13.2 Å². The first-order valence-electron chi connectivity index (χ1n) is 9.92. The molecule has 0 bridgehead atoms. The summed E-state index contributed by atoms with van der Waals surface area (Å²) >= 11 is 0. The zero-order chi connectivity index (χ0) is 18.6. The number of ketones is 1. The van der Waals surface area contributed by atoms with Crippen LogP contribution in [0.2, 0.25) is 0 Å². The molecule has 1 aromatic rings. The molecule has 27 heavy (non-hydrogen) atoms. The average molecular weight is 373 g/mol. The summed E-state index contributed by atoms with van der Waals surface area (Å²) in [7, 11) is 0. The number of morpholine rings is 1. The number of piperazine rings is 1. The molecule has 1 amide bonds. The minimum atomic E-state index is 0.0289. The molecule has 3 aliphatic rings. The maximum absolute atomic E-state index is 12.7. The van der Waals surface area contributed by atoms with Crippen LogP contribution in [-0.4, -0.2) is 79.0 Å². The van der Waals surface area contributed by atoms with Crippen LogP contribution in [0.15, 0.2) is 12.3 Å². The zero-order valence-electron chi connectivity index (χ0n) is 15.7. The van der Waals surface area contributed by atoms with Crippen molar-refractivity contribution in [3.05, 3.63) is 12.3 Å². The predicted octanol–water partition coefficient (Wildman–Crippen LogP) is 0.721. The number of nitrogens with zero attached hydrogens (tertiary/aromatic N) is 5. The number of carbonyl (C=O) groups excluding carboxylic acids is 2. The second kappa shape index (κ2) is 8.21. The van der Waals surface area contributed by atoms with Gasteiger partial charge in [-0.15, -0.1) is 0 Å². The highest BCUT2D eigenvalue weighted by atomic mass is 16.5. The van der Waals surface area contributed by atoms with Gasteiger partial charge in [-0.3, -0.25) is 9.59 Å². The van der Waals surface area contributed by atoms with Gasteiger partial charge >= 0.3 is 0 Å². The largest absolute Gasteiger partial charge is 0.378 e. The van der Waals surface area contributed by atoms with Crippen molar-refractivity contribution in [1.29, 1.82) is 0 Å². The fraction of sp³-hybridized carbons (Fsp3) is 0.684. The molecule has 4 rings (SSSR count). The van der Waals surface area contributed by atoms with E-state index in [0.29, 0.717) is 57.8 Å². The molecule has 1 aromatic heterocycles. The van der Waals surface area contributed by atoms with E-state index in [1.165, 1.54) is 0 Å². The summed E-state index contributed by atoms with van der Waals surface area (Å²) in [6.45, 7) is 6.02. The van der Waals surface area contributed by atoms with Gasteiger partial charge in [0.25, 0.3) is 0 Å². The summed E-state index contributed by atoms with van der Waals surface area (Å²) < 4.78 is 5.39. The third-order valence-electron chi connectivity index (χ3n) is 5.73. The van der Waals surface area contributed by atoms with Crippen LogP contribution in [0.4, 0.5) is 11.8 Å². The van der Waals surface area contributed by atoms with Crippen molar-refractivity contribution in [3.63, 3.8) is 0 Å². The van der Waals surface area contributed by atoms with E-state index >= 15 is 0 Å². The molecule has 3 heterocycles. The standard InChI is InChI=1S/C19H27N5O3/c25-16-3-1-15(2-4-16)18(26)23-9-7-22(8-10-23)17-5-6-20-19(21-17)24-11-13-27-14-12-24/h5-6,15H,1-4,7-14H2. The molecule has 0 spiro atoms. The van der Waals surface area contributed by atoms with E-state index in [9.17, 15) is 9.59 Å². The summed E-state index contributed by atoms with van der Waals surface area (Å²) in [6, 6.07) is 1.94. The van der Waals surface area contributed by atoms with Gasteiger partial charge in [-0.05, 0) is 18.9 Å². The Morgan fingerprint density at radius 2 is 1.70 bits per heavy atom. The van der Waals surface area contributed by atoms with Crippen LogP contribution < -0.4 is 9.80 Å². The highest BCUT2D eigenvalue weighted by Gasteiger charge is 2.30. The molecular formula is C19H27N5O3. The highest BCUT2D eigenvalue weighted by molar-refractivity contribution is 5.84. The van der Waals surface area contributed by atoms with Crippen molar-refractivity contribution in [2.45, 2.75) is 25.7 Å². The molecule has 0 unspecified atom stereocenters. The van der Waals surface area contributed by atoms with E-state index < -0.39 is 0 Å². The highest BCUT2D eigenvalue weighted by Crippen LogP contribution is 2.25. The lowest BCUT2D eigenvalue weighted by Crippen LogP contribution is -2.51. The molecule has 2 aliphatic heterocycles. The average Bonchev–Trinajstić information content (AvgIpc) is 2.75. The first-order chi connectivity index (χ1) is 13.2. The minimum Gasteiger partial charge on any atom is -0.378 e. The monoisotopic (exact) mass is 373 g/mol. The van der Waals surface area contributed by atoms with E-state index in [2.05, 4.69) is 14.8 Å². The van der Waals surface area contributed by atoms with Crippen LogP contribution in [0.3, 0.4) is 0 Å². The van der Waals surface area contributed by atoms with Crippen LogP contribution >= 0.6 is 0 Å². The molecule has 3 fully saturated rings. The Labute approximate surface area is 159 Å². The number of ether oxygens (including phenoxy) is 1. The topological polar surface area (TPSA) is 78.9 Å². The lowest BCUT2D eigenvalue weighted by atomic mass is 9.87. The summed E-state index contributed by atoms with van der Waals surface area (Å²) in [4.78, 5) is 39.6. The number of rotatable bonds is 3. The van der Waals surface area contributed by atoms with Gasteiger partial charge in [0.1, 0.15) is 11.6 Å². The fourth-order valence-electron chi connectivity index (χ4n) is 4.03. The summed E-state index contributed by atoms with van der Waals surface area (Å²) in [6.07, 6.45) is 4.35. The minimum absolute atomic E-state index is 0.0289. The van der Waals surface area contributed by atoms with Gasteiger partial charge in [0, 0.05) is 64.2 Å². The lowest BCUT2D eigenvalue weighted by Gasteiger charge is -2.37. The number of anilines is 2. The Bertz CT molecular complexity index is 674. The van der Waals surface area contributed by atoms with Gasteiger partial charge in [0.2, 0.25) is 11.9 Å². The maximum atomic E-state index is 12.7. The molecule has 1 aliphatic carbocycles. The maximum Gasteiger partial charge on any atom is 0.227 e. The Balaban J connectivity index is 1.33. The molecule has 8 nitrogen and oxygen atoms in total. The van der Waals surface area contributed by atoms with E-state index in [1.54, 1.807) is 0 Å². The van der Waals surface area contributed by atoms with E-state index in [-0.39, 0.29) is 11.8 Å². The van der Waals surface area contributed by atoms with Crippen molar-refractivity contribution in [1.82, 2.24) is 14.9 Å². The van der Waals surface area contributed by atoms with Crippen molar-refractivity contribution in [3.8, 4) is 0 Å². The predicted molar refractivity (Wildman–Crippen MR) is 101 cm³/mol. The molecule has 8 heteroatoms. The number of Topliss-reactive ketones (excluding diaryl/α,β-unsaturated/α-hetero) is 1. The molecule has 0 atom stereocenters. The quantitative estimate of drug-likeness (QED) is 0.772. The van der Waals surface area contributed by atoms with Crippen LogP contribution in [-0.2, 0) is 14.3 Å². The second-order valence-corrected chi connectivity index (χ2v) is 7.44. The Morgan fingerprint density at radius 1 is 1.00 bits per heavy atom. The molecular weight excluding hydrogens is 346 g/mol. The first kappa shape index (κ1) is 18.2. The van der Waals surface area contributed by atoms with Gasteiger partial charge in [0.15, 0.2) is 0 Å². The number of carbonyl (C=O) groups is 2. The smallest absolute Gasteiger partial charge is 0.227 e. The molecule has 0 aromatic carbocycles. The lowest BCUT2D eigenvalue weighted by molar-refractivity contribution is -0.137. The van der Waals surface area contributed by atoms with Gasteiger partial charge < -0.3 is 19.4 Å². The van der Waals surface area contributed by atoms with E-state index in [0.717, 1.165) is 37.9 Å². The van der Waals surface area contributed by atoms with Gasteiger partial charge in [-0.2, -0.15) is 4.98 Å². The van der Waals surface area contributed by atoms with Crippen molar-refractivity contribution >= 4 is 23.5 Å². The zero-order valence-corrected chi connectivity index (χ0v) is 15.7. The van der Waals surface area contributed by atoms with Crippen LogP contribution in [0.1, 0.15) is 25.7 Å². The van der Waals surface area contributed by atoms with Crippen LogP contribution in [0, 0.1) is 5.92 Å². The number of amides is 1. The SMILES string of the molecule is O=C1CCC(C(=O)N2CCN(c3ccnc(N4CCOCC4)n3)CC2)CC1. The first-order valence-corrected chi connectivity index (χ1v) is 9.92. The van der Waals surface area contributed by atoms with Gasteiger partial charge in [-0.25, -0.2) is 4.98 Å². The van der Waals surface area contributed by atoms with Crippen LogP contribution in [0.25, 0.3) is 0 Å². The number of hydrogen-bond donors (Lipinski definition) is 0. The third kappa shape index (κ3) is 4.21. The van der Waals surface area contributed by atoms with E-state index in [1.807, 2.05) is 17.2 Å². The molecule has 2 saturated heterocycles. The second-order valence-electron chi connectivity index (χ2n) is 7.44. The summed E-state index contributed by atoms with van der Waals surface area (Å²) in [5.74, 6) is 2.21. The van der Waals surface area contributed by atoms with E-state index in [4.69, 9.17) is 9.72 Å². The summed E-state index contributed by atoms with van der Waals surface area (Å²) in [5.41, 5.74) is 0. The van der Waals surface area contributed by atoms with Crippen molar-refractivity contribution < 1.29 is 14.3 Å². The Morgan fingerprint density at radius 3 is 2.41 bits per heavy atom. The number of hydrogen-bond acceptors (Lipinski definition) is 7. The fourth-order valence-corrected chi connectivity index (χ4v) is 4.03. The Hall–Kier alpha value is -2.22. The normalized spacial score (nSPS) is 22.2. The van der Waals surface area contributed by atoms with Crippen molar-refractivity contribution in [2.24, 2.45) is 5.92 Å². The molecule has 146 valence electrons.